The quantitative estimate of drug-likeness (QED) is 0.675. The van der Waals surface area contributed by atoms with Crippen LogP contribution in [0.2, 0.25) is 0 Å². The second-order valence-electron chi connectivity index (χ2n) is 5.93. The minimum absolute atomic E-state index is 0.139. The summed E-state index contributed by atoms with van der Waals surface area (Å²) < 4.78 is 10.6. The molecule has 0 aliphatic carbocycles. The van der Waals surface area contributed by atoms with Gasteiger partial charge in [0.1, 0.15) is 12.3 Å². The van der Waals surface area contributed by atoms with Crippen LogP contribution in [-0.2, 0) is 4.79 Å². The molecule has 9 nitrogen and oxygen atoms in total. The third-order valence-corrected chi connectivity index (χ3v) is 4.17. The summed E-state index contributed by atoms with van der Waals surface area (Å²) in [5.41, 5.74) is 1.17. The highest BCUT2D eigenvalue weighted by molar-refractivity contribution is 6.22. The first kappa shape index (κ1) is 17.4. The van der Waals surface area contributed by atoms with Gasteiger partial charge in [0.05, 0.1) is 18.2 Å². The highest BCUT2D eigenvalue weighted by Gasteiger charge is 2.36. The molecule has 1 aliphatic heterocycles. The van der Waals surface area contributed by atoms with Crippen LogP contribution >= 0.6 is 0 Å². The summed E-state index contributed by atoms with van der Waals surface area (Å²) in [5.74, 6) is -0.853. The van der Waals surface area contributed by atoms with Crippen LogP contribution < -0.4 is 10.1 Å². The lowest BCUT2D eigenvalue weighted by atomic mass is 10.1. The molecule has 0 unspecified atom stereocenters. The van der Waals surface area contributed by atoms with E-state index in [1.807, 2.05) is 0 Å². The first-order valence-electron chi connectivity index (χ1n) is 8.30. The number of carbonyl (C=O) groups is 3. The molecule has 0 spiro atoms. The van der Waals surface area contributed by atoms with Gasteiger partial charge in [0.15, 0.2) is 0 Å². The van der Waals surface area contributed by atoms with Gasteiger partial charge in [-0.3, -0.25) is 24.6 Å². The molecule has 140 valence electrons. The summed E-state index contributed by atoms with van der Waals surface area (Å²) in [6.07, 6.45) is 0. The maximum Gasteiger partial charge on any atom is 0.322 e. The van der Waals surface area contributed by atoms with E-state index in [9.17, 15) is 14.4 Å². The second kappa shape index (κ2) is 6.95. The summed E-state index contributed by atoms with van der Waals surface area (Å²) in [5, 5.41) is 10.0. The molecule has 0 saturated heterocycles. The minimum Gasteiger partial charge on any atom is -0.497 e. The average molecular weight is 378 g/mol. The van der Waals surface area contributed by atoms with Crippen LogP contribution in [0.4, 0.5) is 6.01 Å². The SMILES string of the molecule is COc1cccc(-c2nnc(NC(=O)CN3C(=O)c4ccccc4C3=O)o2)c1. The Hall–Kier alpha value is -4.01. The number of ether oxygens (including phenoxy) is 1. The summed E-state index contributed by atoms with van der Waals surface area (Å²) in [6.45, 7) is -0.455. The first-order chi connectivity index (χ1) is 13.6. The fourth-order valence-electron chi connectivity index (χ4n) is 2.83. The van der Waals surface area contributed by atoms with Crippen molar-refractivity contribution in [2.24, 2.45) is 0 Å². The van der Waals surface area contributed by atoms with E-state index in [0.29, 0.717) is 11.3 Å². The number of imide groups is 1. The summed E-state index contributed by atoms with van der Waals surface area (Å²) in [7, 11) is 1.54. The number of hydrogen-bond donors (Lipinski definition) is 1. The standard InChI is InChI=1S/C19H14N4O5/c1-27-12-6-4-5-11(9-12)16-21-22-19(28-16)20-15(24)10-23-17(25)13-7-2-3-8-14(13)18(23)26/h2-9H,10H2,1H3,(H,20,22,24). The van der Waals surface area contributed by atoms with Crippen LogP contribution in [0, 0.1) is 0 Å². The lowest BCUT2D eigenvalue weighted by Crippen LogP contribution is -2.37. The fraction of sp³-hybridized carbons (Fsp3) is 0.105. The molecule has 0 fully saturated rings. The topological polar surface area (TPSA) is 115 Å². The van der Waals surface area contributed by atoms with Gasteiger partial charge in [-0.15, -0.1) is 5.10 Å². The number of rotatable bonds is 5. The number of nitrogens with zero attached hydrogens (tertiary/aromatic N) is 3. The predicted molar refractivity (Wildman–Crippen MR) is 96.7 cm³/mol. The minimum atomic E-state index is -0.629. The lowest BCUT2D eigenvalue weighted by molar-refractivity contribution is -0.116. The highest BCUT2D eigenvalue weighted by Crippen LogP contribution is 2.24. The van der Waals surface area contributed by atoms with Crippen molar-refractivity contribution in [1.29, 1.82) is 0 Å². The number of anilines is 1. The molecule has 9 heteroatoms. The average Bonchev–Trinajstić information content (AvgIpc) is 3.27. The van der Waals surface area contributed by atoms with Crippen LogP contribution in [0.1, 0.15) is 20.7 Å². The summed E-state index contributed by atoms with van der Waals surface area (Å²) in [6, 6.07) is 13.3. The molecule has 4 rings (SSSR count). The van der Waals surface area contributed by atoms with E-state index in [2.05, 4.69) is 15.5 Å². The molecule has 3 amide bonds. The van der Waals surface area contributed by atoms with E-state index >= 15 is 0 Å². The number of benzene rings is 2. The van der Waals surface area contributed by atoms with Gasteiger partial charge in [-0.05, 0) is 30.3 Å². The van der Waals surface area contributed by atoms with Crippen LogP contribution in [-0.4, -0.2) is 46.5 Å². The molecule has 0 bridgehead atoms. The molecule has 1 aromatic heterocycles. The zero-order chi connectivity index (χ0) is 19.7. The van der Waals surface area contributed by atoms with Crippen LogP contribution in [0.15, 0.2) is 52.9 Å². The highest BCUT2D eigenvalue weighted by atomic mass is 16.5. The van der Waals surface area contributed by atoms with Crippen molar-refractivity contribution in [2.75, 3.05) is 19.0 Å². The van der Waals surface area contributed by atoms with Crippen molar-refractivity contribution in [3.05, 3.63) is 59.7 Å². The van der Waals surface area contributed by atoms with Gasteiger partial charge in [-0.2, -0.15) is 0 Å². The van der Waals surface area contributed by atoms with Gasteiger partial charge in [0.25, 0.3) is 11.8 Å². The number of amides is 3. The molecule has 0 radical (unpaired) electrons. The monoisotopic (exact) mass is 378 g/mol. The van der Waals surface area contributed by atoms with Crippen molar-refractivity contribution < 1.29 is 23.5 Å². The van der Waals surface area contributed by atoms with Crippen LogP contribution in [0.25, 0.3) is 11.5 Å². The van der Waals surface area contributed by atoms with Crippen molar-refractivity contribution in [1.82, 2.24) is 15.1 Å². The van der Waals surface area contributed by atoms with Crippen LogP contribution in [0.5, 0.6) is 5.75 Å². The Balaban J connectivity index is 1.45. The molecule has 1 aliphatic rings. The van der Waals surface area contributed by atoms with E-state index in [4.69, 9.17) is 9.15 Å². The zero-order valence-electron chi connectivity index (χ0n) is 14.7. The van der Waals surface area contributed by atoms with Gasteiger partial charge in [-0.25, -0.2) is 0 Å². The van der Waals surface area contributed by atoms with Crippen molar-refractivity contribution in [2.45, 2.75) is 0 Å². The smallest absolute Gasteiger partial charge is 0.322 e. The largest absolute Gasteiger partial charge is 0.497 e. The molecule has 2 aromatic carbocycles. The number of aromatic nitrogens is 2. The Kier molecular flexibility index (Phi) is 4.32. The Labute approximate surface area is 158 Å². The van der Waals surface area contributed by atoms with Gasteiger partial charge >= 0.3 is 6.01 Å². The first-order valence-corrected chi connectivity index (χ1v) is 8.30. The molecule has 3 aromatic rings. The lowest BCUT2D eigenvalue weighted by Gasteiger charge is -2.12. The van der Waals surface area contributed by atoms with Crippen LogP contribution in [0.3, 0.4) is 0 Å². The van der Waals surface area contributed by atoms with E-state index in [0.717, 1.165) is 4.90 Å². The van der Waals surface area contributed by atoms with Gasteiger partial charge in [0, 0.05) is 5.56 Å². The maximum absolute atomic E-state index is 12.3. The van der Waals surface area contributed by atoms with Crippen molar-refractivity contribution in [3.63, 3.8) is 0 Å². The second-order valence-corrected chi connectivity index (χ2v) is 5.93. The predicted octanol–water partition coefficient (Wildman–Crippen LogP) is 1.98. The van der Waals surface area contributed by atoms with Crippen molar-refractivity contribution >= 4 is 23.7 Å². The Morgan fingerprint density at radius 1 is 1.07 bits per heavy atom. The number of hydrogen-bond acceptors (Lipinski definition) is 7. The Morgan fingerprint density at radius 2 is 1.79 bits per heavy atom. The van der Waals surface area contributed by atoms with Gasteiger partial charge in [-0.1, -0.05) is 23.3 Å². The molecule has 28 heavy (non-hydrogen) atoms. The van der Waals surface area contributed by atoms with E-state index in [-0.39, 0.29) is 23.0 Å². The third kappa shape index (κ3) is 3.09. The number of fused-ring (bicyclic) bond motifs is 1. The van der Waals surface area contributed by atoms with E-state index in [1.165, 1.54) is 7.11 Å². The molecular formula is C19H14N4O5. The molecule has 2 heterocycles. The van der Waals surface area contributed by atoms with E-state index in [1.54, 1.807) is 48.5 Å². The molecule has 0 saturated carbocycles. The normalized spacial score (nSPS) is 12.8. The van der Waals surface area contributed by atoms with Crippen molar-refractivity contribution in [3.8, 4) is 17.2 Å². The number of methoxy groups -OCH3 is 1. The number of nitrogens with one attached hydrogen (secondary N) is 1. The van der Waals surface area contributed by atoms with Gasteiger partial charge < -0.3 is 9.15 Å². The van der Waals surface area contributed by atoms with Gasteiger partial charge in [0.2, 0.25) is 11.8 Å². The maximum atomic E-state index is 12.3. The van der Waals surface area contributed by atoms with E-state index < -0.39 is 24.3 Å². The molecular weight excluding hydrogens is 364 g/mol. The molecule has 0 atom stereocenters. The third-order valence-electron chi connectivity index (χ3n) is 4.17. The fourth-order valence-corrected chi connectivity index (χ4v) is 2.83. The molecule has 1 N–H and O–H groups in total. The zero-order valence-corrected chi connectivity index (χ0v) is 14.7. The number of carbonyl (C=O) groups excluding carboxylic acids is 3. The summed E-state index contributed by atoms with van der Waals surface area (Å²) in [4.78, 5) is 37.7. The Morgan fingerprint density at radius 3 is 2.46 bits per heavy atom. The summed E-state index contributed by atoms with van der Waals surface area (Å²) >= 11 is 0. The Bertz CT molecular complexity index is 1060.